The van der Waals surface area contributed by atoms with Gasteiger partial charge < -0.3 is 14.2 Å². The standard InChI is InChI=1S/C23H24ClFN2O/c1-15(16-4-7-23(28-3)20(25)12-16)14-27-21-6-5-17(24)13-19(21)18-8-10-26(2)11-9-22(18)27/h4-7,12-14H,8-11H2,1-3H3. The maximum atomic E-state index is 14.2. The normalized spacial score (nSPS) is 15.5. The van der Waals surface area contributed by atoms with Crippen molar-refractivity contribution in [3.8, 4) is 5.75 Å². The molecular weight excluding hydrogens is 375 g/mol. The van der Waals surface area contributed by atoms with Gasteiger partial charge >= 0.3 is 0 Å². The maximum Gasteiger partial charge on any atom is 0.165 e. The molecule has 3 aromatic rings. The lowest BCUT2D eigenvalue weighted by atomic mass is 10.1. The molecule has 0 N–H and O–H groups in total. The van der Waals surface area contributed by atoms with E-state index in [1.807, 2.05) is 19.1 Å². The fourth-order valence-corrected chi connectivity index (χ4v) is 4.17. The molecule has 0 saturated carbocycles. The van der Waals surface area contributed by atoms with Crippen LogP contribution in [0.1, 0.15) is 23.7 Å². The monoisotopic (exact) mass is 398 g/mol. The number of halogens is 2. The van der Waals surface area contributed by atoms with Crippen molar-refractivity contribution in [1.82, 2.24) is 9.47 Å². The van der Waals surface area contributed by atoms with Gasteiger partial charge in [-0.3, -0.25) is 0 Å². The van der Waals surface area contributed by atoms with Gasteiger partial charge in [-0.05, 0) is 67.4 Å². The topological polar surface area (TPSA) is 17.4 Å². The first-order valence-corrected chi connectivity index (χ1v) is 9.88. The Balaban J connectivity index is 1.86. The fourth-order valence-electron chi connectivity index (χ4n) is 4.00. The van der Waals surface area contributed by atoms with E-state index in [0.29, 0.717) is 0 Å². The molecular formula is C23H24ClFN2O. The molecule has 5 heteroatoms. The Morgan fingerprint density at radius 1 is 1.14 bits per heavy atom. The number of benzene rings is 2. The number of hydrogen-bond acceptors (Lipinski definition) is 2. The lowest BCUT2D eigenvalue weighted by molar-refractivity contribution is 0.351. The summed E-state index contributed by atoms with van der Waals surface area (Å²) in [6.45, 7) is 4.06. The van der Waals surface area contributed by atoms with Gasteiger partial charge in [0.05, 0.1) is 12.6 Å². The van der Waals surface area contributed by atoms with E-state index in [4.69, 9.17) is 16.3 Å². The minimum atomic E-state index is -0.350. The molecule has 1 aromatic heterocycles. The summed E-state index contributed by atoms with van der Waals surface area (Å²) < 4.78 is 21.5. The Kier molecular flexibility index (Phi) is 5.17. The van der Waals surface area contributed by atoms with Crippen molar-refractivity contribution in [3.05, 3.63) is 64.1 Å². The highest BCUT2D eigenvalue weighted by Gasteiger charge is 2.20. The predicted octanol–water partition coefficient (Wildman–Crippen LogP) is 5.49. The van der Waals surface area contributed by atoms with Gasteiger partial charge in [-0.15, -0.1) is 0 Å². The maximum absolute atomic E-state index is 14.2. The van der Waals surface area contributed by atoms with Crippen LogP contribution in [0, 0.1) is 5.82 Å². The summed E-state index contributed by atoms with van der Waals surface area (Å²) in [5.74, 6) is -0.0909. The minimum absolute atomic E-state index is 0.259. The van der Waals surface area contributed by atoms with Crippen LogP contribution in [0.2, 0.25) is 5.02 Å². The number of rotatable bonds is 3. The molecule has 0 amide bonds. The number of ether oxygens (including phenoxy) is 1. The van der Waals surface area contributed by atoms with E-state index >= 15 is 0 Å². The summed E-state index contributed by atoms with van der Waals surface area (Å²) in [6.07, 6.45) is 4.08. The zero-order chi connectivity index (χ0) is 19.8. The van der Waals surface area contributed by atoms with E-state index < -0.39 is 0 Å². The van der Waals surface area contributed by atoms with Gasteiger partial charge in [-0.25, -0.2) is 4.39 Å². The second-order valence-electron chi connectivity index (χ2n) is 7.42. The Hall–Kier alpha value is -2.30. The van der Waals surface area contributed by atoms with Crippen LogP contribution in [0.25, 0.3) is 22.7 Å². The molecule has 2 aromatic carbocycles. The van der Waals surface area contributed by atoms with Crippen molar-refractivity contribution in [1.29, 1.82) is 0 Å². The first-order chi connectivity index (χ1) is 13.5. The summed E-state index contributed by atoms with van der Waals surface area (Å²) in [4.78, 5) is 2.36. The largest absolute Gasteiger partial charge is 0.494 e. The Morgan fingerprint density at radius 3 is 2.68 bits per heavy atom. The van der Waals surface area contributed by atoms with Crippen LogP contribution in [-0.2, 0) is 12.8 Å². The molecule has 0 unspecified atom stereocenters. The third-order valence-corrected chi connectivity index (χ3v) is 5.82. The molecule has 0 aliphatic carbocycles. The summed E-state index contributed by atoms with van der Waals surface area (Å²) in [6, 6.07) is 11.2. The molecule has 0 bridgehead atoms. The van der Waals surface area contributed by atoms with Gasteiger partial charge in [0, 0.05) is 41.8 Å². The van der Waals surface area contributed by atoms with Gasteiger partial charge in [0.1, 0.15) is 0 Å². The number of hydrogen-bond donors (Lipinski definition) is 0. The van der Waals surface area contributed by atoms with Crippen molar-refractivity contribution < 1.29 is 9.13 Å². The highest BCUT2D eigenvalue weighted by Crippen LogP contribution is 2.33. The molecule has 0 atom stereocenters. The number of nitrogens with zero attached hydrogens (tertiary/aromatic N) is 2. The molecule has 28 heavy (non-hydrogen) atoms. The van der Waals surface area contributed by atoms with Gasteiger partial charge in [0.2, 0.25) is 0 Å². The molecule has 0 spiro atoms. The second-order valence-corrected chi connectivity index (χ2v) is 7.86. The SMILES string of the molecule is COc1ccc(C(C)=Cn2c3c(c4cc(Cl)ccc42)CCN(C)CC3)cc1F. The molecule has 4 rings (SSSR count). The third kappa shape index (κ3) is 3.43. The number of methoxy groups -OCH3 is 1. The van der Waals surface area contributed by atoms with Gasteiger partial charge in [0.15, 0.2) is 11.6 Å². The van der Waals surface area contributed by atoms with Crippen molar-refractivity contribution >= 4 is 34.3 Å². The predicted molar refractivity (Wildman–Crippen MR) is 115 cm³/mol. The highest BCUT2D eigenvalue weighted by atomic mass is 35.5. The van der Waals surface area contributed by atoms with Crippen LogP contribution in [0.5, 0.6) is 5.75 Å². The van der Waals surface area contributed by atoms with E-state index in [1.54, 1.807) is 6.07 Å². The van der Waals surface area contributed by atoms with Crippen molar-refractivity contribution in [2.45, 2.75) is 19.8 Å². The number of allylic oxidation sites excluding steroid dienone is 1. The molecule has 1 aliphatic heterocycles. The van der Waals surface area contributed by atoms with E-state index in [1.165, 1.54) is 29.8 Å². The van der Waals surface area contributed by atoms with Crippen LogP contribution < -0.4 is 4.74 Å². The Labute approximate surface area is 170 Å². The minimum Gasteiger partial charge on any atom is -0.494 e. The first-order valence-electron chi connectivity index (χ1n) is 9.50. The quantitative estimate of drug-likeness (QED) is 0.580. The van der Waals surface area contributed by atoms with Gasteiger partial charge in [-0.2, -0.15) is 0 Å². The molecule has 0 radical (unpaired) electrons. The zero-order valence-electron chi connectivity index (χ0n) is 16.4. The molecule has 0 fully saturated rings. The summed E-state index contributed by atoms with van der Waals surface area (Å²) in [5, 5.41) is 1.96. The van der Waals surface area contributed by atoms with Crippen molar-refractivity contribution in [2.75, 3.05) is 27.2 Å². The first kappa shape index (κ1) is 19.0. The smallest absolute Gasteiger partial charge is 0.165 e. The highest BCUT2D eigenvalue weighted by molar-refractivity contribution is 6.31. The molecule has 0 saturated heterocycles. The molecule has 3 nitrogen and oxygen atoms in total. The van der Waals surface area contributed by atoms with Crippen molar-refractivity contribution in [2.24, 2.45) is 0 Å². The van der Waals surface area contributed by atoms with E-state index in [2.05, 4.69) is 34.8 Å². The molecule has 146 valence electrons. The van der Waals surface area contributed by atoms with E-state index in [9.17, 15) is 4.39 Å². The lowest BCUT2D eigenvalue weighted by Crippen LogP contribution is -2.21. The van der Waals surface area contributed by atoms with E-state index in [0.717, 1.165) is 47.6 Å². The Morgan fingerprint density at radius 2 is 1.93 bits per heavy atom. The van der Waals surface area contributed by atoms with Crippen LogP contribution in [-0.4, -0.2) is 36.7 Å². The third-order valence-electron chi connectivity index (χ3n) is 5.59. The molecule has 2 heterocycles. The van der Waals surface area contributed by atoms with Crippen LogP contribution in [0.3, 0.4) is 0 Å². The lowest BCUT2D eigenvalue weighted by Gasteiger charge is -2.13. The van der Waals surface area contributed by atoms with Gasteiger partial charge in [-0.1, -0.05) is 17.7 Å². The summed E-state index contributed by atoms with van der Waals surface area (Å²) >= 11 is 6.30. The summed E-state index contributed by atoms with van der Waals surface area (Å²) in [7, 11) is 3.64. The number of fused-ring (bicyclic) bond motifs is 3. The average Bonchev–Trinajstić information content (AvgIpc) is 2.81. The number of aromatic nitrogens is 1. The van der Waals surface area contributed by atoms with Crippen LogP contribution >= 0.6 is 11.6 Å². The second kappa shape index (κ2) is 7.61. The van der Waals surface area contributed by atoms with Gasteiger partial charge in [0.25, 0.3) is 0 Å². The fraction of sp³-hybridized carbons (Fsp3) is 0.304. The summed E-state index contributed by atoms with van der Waals surface area (Å²) in [5.41, 5.74) is 5.66. The average molecular weight is 399 g/mol. The Bertz CT molecular complexity index is 1070. The van der Waals surface area contributed by atoms with E-state index in [-0.39, 0.29) is 11.6 Å². The van der Waals surface area contributed by atoms with Crippen molar-refractivity contribution in [3.63, 3.8) is 0 Å². The van der Waals surface area contributed by atoms with Crippen LogP contribution in [0.4, 0.5) is 4.39 Å². The zero-order valence-corrected chi connectivity index (χ0v) is 17.2. The molecule has 1 aliphatic rings. The number of likely N-dealkylation sites (N-methyl/N-ethyl adjacent to an activating group) is 1. The van der Waals surface area contributed by atoms with Crippen LogP contribution in [0.15, 0.2) is 36.4 Å².